The minimum atomic E-state index is -0.152. The second-order valence-electron chi connectivity index (χ2n) is 8.48. The Labute approximate surface area is 218 Å². The Morgan fingerprint density at radius 2 is 0.667 bits per heavy atom. The van der Waals surface area contributed by atoms with E-state index in [2.05, 4.69) is 13.8 Å². The molecule has 0 saturated heterocycles. The fourth-order valence-corrected chi connectivity index (χ4v) is 3.12. The first-order chi connectivity index (χ1) is 17.7. The molecule has 0 aliphatic rings. The van der Waals surface area contributed by atoms with Crippen molar-refractivity contribution in [2.75, 3.05) is 79.3 Å². The Kier molecular flexibility index (Phi) is 28.9. The number of carbonyl (C=O) groups is 2. The number of hydrogen-bond donors (Lipinski definition) is 0. The van der Waals surface area contributed by atoms with Gasteiger partial charge in [0.25, 0.3) is 0 Å². The van der Waals surface area contributed by atoms with Crippen LogP contribution in [0.1, 0.15) is 84.5 Å². The third kappa shape index (κ3) is 29.0. The molecule has 0 spiro atoms. The number of ether oxygens (including phenoxy) is 7. The summed E-state index contributed by atoms with van der Waals surface area (Å²) < 4.78 is 37.3. The maximum atomic E-state index is 11.6. The van der Waals surface area contributed by atoms with Crippen LogP contribution in [-0.4, -0.2) is 91.2 Å². The molecule has 0 bridgehead atoms. The lowest BCUT2D eigenvalue weighted by Crippen LogP contribution is -2.15. The fraction of sp³-hybridized carbons (Fsp3) is 0.926. The molecule has 9 nitrogen and oxygen atoms in total. The number of esters is 2. The van der Waals surface area contributed by atoms with Crippen LogP contribution in [-0.2, 0) is 42.7 Å². The number of unbranched alkanes of at least 4 members (excludes halogenated alkanes) is 7. The van der Waals surface area contributed by atoms with Crippen molar-refractivity contribution >= 4 is 11.9 Å². The van der Waals surface area contributed by atoms with Gasteiger partial charge in [-0.15, -0.1) is 0 Å². The third-order valence-electron chi connectivity index (χ3n) is 5.19. The van der Waals surface area contributed by atoms with E-state index in [1.165, 1.54) is 19.3 Å². The lowest BCUT2D eigenvalue weighted by molar-refractivity contribution is -0.146. The van der Waals surface area contributed by atoms with Gasteiger partial charge in [-0.1, -0.05) is 58.8 Å². The Bertz CT molecular complexity index is 474. The summed E-state index contributed by atoms with van der Waals surface area (Å²) in [4.78, 5) is 23.1. The van der Waals surface area contributed by atoms with Crippen LogP contribution in [0.25, 0.3) is 0 Å². The number of carbonyl (C=O) groups excluding carboxylic acids is 2. The van der Waals surface area contributed by atoms with Crippen molar-refractivity contribution in [3.63, 3.8) is 0 Å². The highest BCUT2D eigenvalue weighted by atomic mass is 16.6. The van der Waals surface area contributed by atoms with E-state index in [0.717, 1.165) is 38.5 Å². The van der Waals surface area contributed by atoms with Crippen LogP contribution in [0.4, 0.5) is 0 Å². The monoisotopic (exact) mass is 520 g/mol. The first kappa shape index (κ1) is 34.7. The molecule has 0 aliphatic carbocycles. The molecule has 0 fully saturated rings. The molecule has 0 N–H and O–H groups in total. The third-order valence-corrected chi connectivity index (χ3v) is 5.19. The van der Waals surface area contributed by atoms with Gasteiger partial charge in [0, 0.05) is 12.8 Å². The molecule has 9 heteroatoms. The molecule has 0 atom stereocenters. The summed E-state index contributed by atoms with van der Waals surface area (Å²) in [5.74, 6) is -0.299. The van der Waals surface area contributed by atoms with E-state index >= 15 is 0 Å². The van der Waals surface area contributed by atoms with Gasteiger partial charge in [-0.3, -0.25) is 9.59 Å². The van der Waals surface area contributed by atoms with Crippen molar-refractivity contribution in [3.05, 3.63) is 0 Å². The van der Waals surface area contributed by atoms with Gasteiger partial charge in [0.2, 0.25) is 0 Å². The zero-order chi connectivity index (χ0) is 26.4. The van der Waals surface area contributed by atoms with Gasteiger partial charge in [-0.25, -0.2) is 0 Å². The molecule has 0 saturated carbocycles. The second kappa shape index (κ2) is 30.0. The van der Waals surface area contributed by atoms with E-state index in [-0.39, 0.29) is 25.2 Å². The van der Waals surface area contributed by atoms with E-state index in [1.807, 2.05) is 0 Å². The maximum absolute atomic E-state index is 11.6. The zero-order valence-corrected chi connectivity index (χ0v) is 22.9. The topological polar surface area (TPSA) is 98.8 Å². The summed E-state index contributed by atoms with van der Waals surface area (Å²) in [5, 5.41) is 0. The van der Waals surface area contributed by atoms with Gasteiger partial charge in [0.1, 0.15) is 13.2 Å². The van der Waals surface area contributed by atoms with E-state index in [9.17, 15) is 9.59 Å². The molecule has 0 unspecified atom stereocenters. The van der Waals surface area contributed by atoms with Crippen LogP contribution in [0.3, 0.4) is 0 Å². The average Bonchev–Trinajstić information content (AvgIpc) is 2.87. The summed E-state index contributed by atoms with van der Waals surface area (Å²) in [6.45, 7) is 9.43. The van der Waals surface area contributed by atoms with Crippen LogP contribution in [0.2, 0.25) is 0 Å². The Morgan fingerprint density at radius 1 is 0.389 bits per heavy atom. The van der Waals surface area contributed by atoms with Crippen LogP contribution in [0.15, 0.2) is 0 Å². The molecule has 0 radical (unpaired) electrons. The molecule has 0 aliphatic heterocycles. The minimum absolute atomic E-state index is 0.147. The molecule has 0 rings (SSSR count). The predicted octanol–water partition coefficient (Wildman–Crippen LogP) is 4.49. The fourth-order valence-electron chi connectivity index (χ4n) is 3.12. The summed E-state index contributed by atoms with van der Waals surface area (Å²) >= 11 is 0. The molecule has 0 aromatic rings. The largest absolute Gasteiger partial charge is 0.463 e. The van der Waals surface area contributed by atoms with Crippen LogP contribution < -0.4 is 0 Å². The van der Waals surface area contributed by atoms with Gasteiger partial charge < -0.3 is 33.2 Å². The maximum Gasteiger partial charge on any atom is 0.305 e. The highest BCUT2D eigenvalue weighted by Crippen LogP contribution is 2.05. The van der Waals surface area contributed by atoms with Crippen molar-refractivity contribution < 1.29 is 42.7 Å². The first-order valence-corrected chi connectivity index (χ1v) is 13.9. The summed E-state index contributed by atoms with van der Waals surface area (Å²) in [7, 11) is 0. The van der Waals surface area contributed by atoms with Crippen molar-refractivity contribution in [2.24, 2.45) is 0 Å². The summed E-state index contributed by atoms with van der Waals surface area (Å²) in [6.07, 6.45) is 10.9. The van der Waals surface area contributed by atoms with E-state index in [4.69, 9.17) is 33.2 Å². The molecule has 0 amide bonds. The molecular weight excluding hydrogens is 468 g/mol. The van der Waals surface area contributed by atoms with Crippen LogP contribution in [0, 0.1) is 0 Å². The Balaban J connectivity index is 3.15. The highest BCUT2D eigenvalue weighted by molar-refractivity contribution is 5.69. The normalized spacial score (nSPS) is 11.1. The van der Waals surface area contributed by atoms with E-state index < -0.39 is 0 Å². The lowest BCUT2D eigenvalue weighted by Gasteiger charge is -2.08. The summed E-state index contributed by atoms with van der Waals surface area (Å²) in [5.41, 5.74) is 0. The standard InChI is InChI=1S/C27H52O9/c1-3-5-7-9-11-13-27(29)36-25-23-34-21-19-32-17-15-30-14-16-31-18-20-33-22-24-35-26(28)12-10-8-6-4-2/h3-25H2,1-2H3. The second-order valence-corrected chi connectivity index (χ2v) is 8.48. The van der Waals surface area contributed by atoms with Gasteiger partial charge in [0.15, 0.2) is 0 Å². The minimum Gasteiger partial charge on any atom is -0.463 e. The quantitative estimate of drug-likeness (QED) is 0.104. The van der Waals surface area contributed by atoms with E-state index in [0.29, 0.717) is 78.9 Å². The Hall–Kier alpha value is -1.26. The van der Waals surface area contributed by atoms with Gasteiger partial charge in [0.05, 0.1) is 66.1 Å². The molecule has 36 heavy (non-hydrogen) atoms. The smallest absolute Gasteiger partial charge is 0.305 e. The van der Waals surface area contributed by atoms with Crippen molar-refractivity contribution in [1.29, 1.82) is 0 Å². The van der Waals surface area contributed by atoms with Gasteiger partial charge in [-0.05, 0) is 12.8 Å². The van der Waals surface area contributed by atoms with Gasteiger partial charge >= 0.3 is 11.9 Å². The van der Waals surface area contributed by atoms with Crippen LogP contribution >= 0.6 is 0 Å². The van der Waals surface area contributed by atoms with Crippen molar-refractivity contribution in [3.8, 4) is 0 Å². The Morgan fingerprint density at radius 3 is 1.00 bits per heavy atom. The SMILES string of the molecule is CCCCCCCC(=O)OCCOCCOCCOCCOCCOCCOC(=O)CCCCCC. The zero-order valence-electron chi connectivity index (χ0n) is 22.9. The predicted molar refractivity (Wildman–Crippen MR) is 138 cm³/mol. The first-order valence-electron chi connectivity index (χ1n) is 13.9. The van der Waals surface area contributed by atoms with E-state index in [1.54, 1.807) is 0 Å². The molecule has 0 heterocycles. The van der Waals surface area contributed by atoms with Gasteiger partial charge in [-0.2, -0.15) is 0 Å². The summed E-state index contributed by atoms with van der Waals surface area (Å²) in [6, 6.07) is 0. The molecule has 0 aromatic carbocycles. The lowest BCUT2D eigenvalue weighted by atomic mass is 10.1. The molecule has 0 aromatic heterocycles. The molecule has 214 valence electrons. The van der Waals surface area contributed by atoms with Crippen LogP contribution in [0.5, 0.6) is 0 Å². The average molecular weight is 521 g/mol. The van der Waals surface area contributed by atoms with Crippen molar-refractivity contribution in [1.82, 2.24) is 0 Å². The molecular formula is C27H52O9. The van der Waals surface area contributed by atoms with Crippen molar-refractivity contribution in [2.45, 2.75) is 84.5 Å². The number of rotatable bonds is 29. The number of hydrogen-bond acceptors (Lipinski definition) is 9. The highest BCUT2D eigenvalue weighted by Gasteiger charge is 2.03.